The van der Waals surface area contributed by atoms with Crippen molar-refractivity contribution in [3.05, 3.63) is 34.3 Å². The minimum atomic E-state index is 0.162. The van der Waals surface area contributed by atoms with Gasteiger partial charge in [0.2, 0.25) is 5.96 Å². The van der Waals surface area contributed by atoms with Gasteiger partial charge in [0, 0.05) is 11.0 Å². The van der Waals surface area contributed by atoms with Gasteiger partial charge < -0.3 is 5.32 Å². The predicted molar refractivity (Wildman–Crippen MR) is 75.6 cm³/mol. The molecule has 0 aliphatic carbocycles. The van der Waals surface area contributed by atoms with Crippen LogP contribution < -0.4 is 16.6 Å². The molecule has 4 nitrogen and oxygen atoms in total. The van der Waals surface area contributed by atoms with Crippen LogP contribution >= 0.6 is 15.9 Å². The van der Waals surface area contributed by atoms with Crippen molar-refractivity contribution in [2.75, 3.05) is 6.54 Å². The Morgan fingerprint density at radius 2 is 2.06 bits per heavy atom. The number of benzene rings is 1. The number of hydrazine groups is 1. The number of guanidine groups is 1. The summed E-state index contributed by atoms with van der Waals surface area (Å²) in [4.78, 5) is 4.30. The van der Waals surface area contributed by atoms with Crippen molar-refractivity contribution in [3.63, 3.8) is 0 Å². The fraction of sp³-hybridized carbons (Fsp3) is 0.417. The summed E-state index contributed by atoms with van der Waals surface area (Å²) >= 11 is 3.42. The van der Waals surface area contributed by atoms with E-state index >= 15 is 0 Å². The summed E-state index contributed by atoms with van der Waals surface area (Å²) in [6.07, 6.45) is 1.000. The van der Waals surface area contributed by atoms with E-state index in [1.807, 2.05) is 12.1 Å². The highest BCUT2D eigenvalue weighted by atomic mass is 79.9. The third-order valence-corrected chi connectivity index (χ3v) is 2.88. The molecule has 94 valence electrons. The maximum Gasteiger partial charge on any atom is 0.206 e. The largest absolute Gasteiger partial charge is 0.349 e. The molecule has 4 N–H and O–H groups in total. The normalized spacial score (nSPS) is 13.3. The molecular weight excluding hydrogens is 280 g/mol. The van der Waals surface area contributed by atoms with Crippen LogP contribution in [0.25, 0.3) is 0 Å². The minimum absolute atomic E-state index is 0.162. The molecule has 0 heterocycles. The zero-order valence-electron chi connectivity index (χ0n) is 10.2. The number of hydrogen-bond acceptors (Lipinski definition) is 2. The Bertz CT molecular complexity index is 361. The first-order chi connectivity index (χ1) is 8.17. The predicted octanol–water partition coefficient (Wildman–Crippen LogP) is 2.33. The summed E-state index contributed by atoms with van der Waals surface area (Å²) in [7, 11) is 0. The number of nitrogens with zero attached hydrogens (tertiary/aromatic N) is 1. The number of hydrogen-bond donors (Lipinski definition) is 3. The second kappa shape index (κ2) is 7.29. The fourth-order valence-electron chi connectivity index (χ4n) is 1.40. The average molecular weight is 299 g/mol. The van der Waals surface area contributed by atoms with Crippen LogP contribution in [0.3, 0.4) is 0 Å². The summed E-state index contributed by atoms with van der Waals surface area (Å²) < 4.78 is 1.07. The lowest BCUT2D eigenvalue weighted by Crippen LogP contribution is -2.42. The Hall–Kier alpha value is -1.07. The van der Waals surface area contributed by atoms with Gasteiger partial charge in [-0.15, -0.1) is 0 Å². The van der Waals surface area contributed by atoms with Gasteiger partial charge in [-0.2, -0.15) is 0 Å². The van der Waals surface area contributed by atoms with Crippen molar-refractivity contribution in [3.8, 4) is 0 Å². The van der Waals surface area contributed by atoms with E-state index in [0.717, 1.165) is 17.4 Å². The molecule has 0 aliphatic heterocycles. The molecule has 1 aromatic carbocycles. The van der Waals surface area contributed by atoms with Gasteiger partial charge in [-0.1, -0.05) is 35.0 Å². The molecule has 0 bridgehead atoms. The van der Waals surface area contributed by atoms with Crippen LogP contribution in [0.4, 0.5) is 0 Å². The number of halogens is 1. The molecule has 0 aromatic heterocycles. The van der Waals surface area contributed by atoms with Crippen LogP contribution in [-0.2, 0) is 0 Å². The van der Waals surface area contributed by atoms with Gasteiger partial charge in [0.15, 0.2) is 0 Å². The second-order valence-corrected chi connectivity index (χ2v) is 4.71. The van der Waals surface area contributed by atoms with Crippen LogP contribution in [0.1, 0.15) is 31.9 Å². The molecule has 1 rings (SSSR count). The smallest absolute Gasteiger partial charge is 0.206 e. The molecule has 1 aromatic rings. The van der Waals surface area contributed by atoms with Crippen molar-refractivity contribution >= 4 is 21.9 Å². The van der Waals surface area contributed by atoms with Crippen LogP contribution in [0.2, 0.25) is 0 Å². The molecule has 0 spiro atoms. The van der Waals surface area contributed by atoms with Crippen LogP contribution in [-0.4, -0.2) is 12.5 Å². The quantitative estimate of drug-likeness (QED) is 0.346. The Balaban J connectivity index is 2.64. The van der Waals surface area contributed by atoms with E-state index in [4.69, 9.17) is 5.84 Å². The Morgan fingerprint density at radius 1 is 1.41 bits per heavy atom. The number of rotatable bonds is 4. The van der Waals surface area contributed by atoms with Crippen molar-refractivity contribution < 1.29 is 0 Å². The minimum Gasteiger partial charge on any atom is -0.349 e. The van der Waals surface area contributed by atoms with E-state index in [0.29, 0.717) is 5.96 Å². The highest BCUT2D eigenvalue weighted by Crippen LogP contribution is 2.16. The molecule has 17 heavy (non-hydrogen) atoms. The highest BCUT2D eigenvalue weighted by molar-refractivity contribution is 9.10. The molecule has 0 radical (unpaired) electrons. The van der Waals surface area contributed by atoms with Crippen LogP contribution in [0, 0.1) is 0 Å². The van der Waals surface area contributed by atoms with Gasteiger partial charge in [-0.3, -0.25) is 10.4 Å². The van der Waals surface area contributed by atoms with E-state index < -0.39 is 0 Å². The van der Waals surface area contributed by atoms with E-state index in [1.165, 1.54) is 5.56 Å². The number of nitrogens with two attached hydrogens (primary N) is 1. The van der Waals surface area contributed by atoms with Crippen LogP contribution in [0.5, 0.6) is 0 Å². The van der Waals surface area contributed by atoms with Gasteiger partial charge in [0.05, 0.1) is 6.04 Å². The Kier molecular flexibility index (Phi) is 6.00. The molecule has 5 heteroatoms. The highest BCUT2D eigenvalue weighted by Gasteiger charge is 2.06. The Labute approximate surface area is 111 Å². The van der Waals surface area contributed by atoms with Gasteiger partial charge in [0.1, 0.15) is 0 Å². The lowest BCUT2D eigenvalue weighted by Gasteiger charge is -2.17. The summed E-state index contributed by atoms with van der Waals surface area (Å²) in [6, 6.07) is 8.33. The lowest BCUT2D eigenvalue weighted by atomic mass is 10.1. The molecule has 0 aliphatic rings. The molecular formula is C12H19BrN4. The van der Waals surface area contributed by atoms with Gasteiger partial charge in [0.25, 0.3) is 0 Å². The lowest BCUT2D eigenvalue weighted by molar-refractivity contribution is 0.686. The summed E-state index contributed by atoms with van der Waals surface area (Å²) in [5.41, 5.74) is 3.77. The van der Waals surface area contributed by atoms with Crippen molar-refractivity contribution in [1.82, 2.24) is 10.7 Å². The van der Waals surface area contributed by atoms with Crippen molar-refractivity contribution in [1.29, 1.82) is 0 Å². The first-order valence-corrected chi connectivity index (χ1v) is 6.49. The van der Waals surface area contributed by atoms with Crippen molar-refractivity contribution in [2.24, 2.45) is 10.8 Å². The van der Waals surface area contributed by atoms with Gasteiger partial charge >= 0.3 is 0 Å². The van der Waals surface area contributed by atoms with E-state index in [9.17, 15) is 0 Å². The summed E-state index contributed by atoms with van der Waals surface area (Å²) in [5.74, 6) is 6.04. The van der Waals surface area contributed by atoms with Gasteiger partial charge in [-0.05, 0) is 31.0 Å². The topological polar surface area (TPSA) is 62.4 Å². The monoisotopic (exact) mass is 298 g/mol. The first-order valence-electron chi connectivity index (χ1n) is 5.70. The third kappa shape index (κ3) is 4.75. The molecule has 0 fully saturated rings. The molecule has 0 saturated heterocycles. The molecule has 1 unspecified atom stereocenters. The summed E-state index contributed by atoms with van der Waals surface area (Å²) in [5, 5.41) is 3.24. The average Bonchev–Trinajstić information content (AvgIpc) is 2.35. The van der Waals surface area contributed by atoms with E-state index in [1.54, 1.807) is 0 Å². The van der Waals surface area contributed by atoms with E-state index in [2.05, 4.69) is 57.6 Å². The second-order valence-electron chi connectivity index (χ2n) is 3.79. The van der Waals surface area contributed by atoms with Crippen LogP contribution in [0.15, 0.2) is 33.7 Å². The molecule has 0 saturated carbocycles. The number of nitrogens with one attached hydrogen (secondary N) is 2. The SMILES string of the molecule is CCCN=C(NN)NC(C)c1ccc(Br)cc1. The maximum atomic E-state index is 5.41. The van der Waals surface area contributed by atoms with Crippen molar-refractivity contribution in [2.45, 2.75) is 26.3 Å². The standard InChI is InChI=1S/C12H19BrN4/c1-3-8-15-12(17-14)16-9(2)10-4-6-11(13)7-5-10/h4-7,9H,3,8,14H2,1-2H3,(H2,15,16,17). The fourth-order valence-corrected chi connectivity index (χ4v) is 1.66. The first kappa shape index (κ1) is 14.0. The zero-order valence-corrected chi connectivity index (χ0v) is 11.8. The maximum absolute atomic E-state index is 5.41. The third-order valence-electron chi connectivity index (χ3n) is 2.35. The number of aliphatic imine (C=N–C) groups is 1. The summed E-state index contributed by atoms with van der Waals surface area (Å²) in [6.45, 7) is 4.91. The molecule has 0 amide bonds. The zero-order chi connectivity index (χ0) is 12.7. The van der Waals surface area contributed by atoms with E-state index in [-0.39, 0.29) is 6.04 Å². The van der Waals surface area contributed by atoms with Gasteiger partial charge in [-0.25, -0.2) is 5.84 Å². The Morgan fingerprint density at radius 3 is 2.59 bits per heavy atom. The molecule has 1 atom stereocenters.